The van der Waals surface area contributed by atoms with E-state index in [2.05, 4.69) is 5.32 Å². The number of carboxylic acids is 2. The van der Waals surface area contributed by atoms with Gasteiger partial charge in [0.25, 0.3) is 0 Å². The third-order valence-electron chi connectivity index (χ3n) is 3.00. The predicted octanol–water partition coefficient (Wildman–Crippen LogP) is 0.380. The molecule has 3 N–H and O–H groups in total. The molecule has 1 aliphatic rings. The fraction of sp³-hybridized carbons (Fsp3) is 0.750. The van der Waals surface area contributed by atoms with Gasteiger partial charge in [-0.1, -0.05) is 0 Å². The Labute approximate surface area is 110 Å². The lowest BCUT2D eigenvalue weighted by molar-refractivity contribution is -0.143. The van der Waals surface area contributed by atoms with Crippen molar-refractivity contribution in [1.29, 1.82) is 0 Å². The Morgan fingerprint density at radius 2 is 2.00 bits per heavy atom. The molecule has 0 aliphatic carbocycles. The predicted molar refractivity (Wildman–Crippen MR) is 64.6 cm³/mol. The summed E-state index contributed by atoms with van der Waals surface area (Å²) in [4.78, 5) is 32.8. The fourth-order valence-corrected chi connectivity index (χ4v) is 1.96. The molecule has 0 saturated carbocycles. The first-order valence-electron chi connectivity index (χ1n) is 6.34. The standard InChI is InChI=1S/C12H19NO6/c14-10(5-3-8-2-1-7-19-8)13-9(12(17)18)4-6-11(15)16/h8-9H,1-7H2,(H,13,14)(H,15,16)(H,17,18). The summed E-state index contributed by atoms with van der Waals surface area (Å²) >= 11 is 0. The molecule has 7 nitrogen and oxygen atoms in total. The maximum atomic E-state index is 11.6. The van der Waals surface area contributed by atoms with E-state index in [1.807, 2.05) is 0 Å². The van der Waals surface area contributed by atoms with E-state index >= 15 is 0 Å². The zero-order valence-corrected chi connectivity index (χ0v) is 10.6. The van der Waals surface area contributed by atoms with E-state index in [-0.39, 0.29) is 31.3 Å². The van der Waals surface area contributed by atoms with Crippen LogP contribution in [0.5, 0.6) is 0 Å². The maximum absolute atomic E-state index is 11.6. The number of amides is 1. The van der Waals surface area contributed by atoms with Crippen LogP contribution in [0, 0.1) is 0 Å². The summed E-state index contributed by atoms with van der Waals surface area (Å²) in [6, 6.07) is -1.15. The molecule has 1 saturated heterocycles. The van der Waals surface area contributed by atoms with Crippen LogP contribution < -0.4 is 5.32 Å². The highest BCUT2D eigenvalue weighted by molar-refractivity contribution is 5.83. The summed E-state index contributed by atoms with van der Waals surface area (Å²) in [6.45, 7) is 0.711. The van der Waals surface area contributed by atoms with E-state index in [0.29, 0.717) is 13.0 Å². The second-order valence-corrected chi connectivity index (χ2v) is 4.56. The van der Waals surface area contributed by atoms with Gasteiger partial charge in [0.05, 0.1) is 6.10 Å². The molecule has 1 fully saturated rings. The highest BCUT2D eigenvalue weighted by Gasteiger charge is 2.22. The minimum absolute atomic E-state index is 0.0769. The molecule has 7 heteroatoms. The molecule has 1 heterocycles. The van der Waals surface area contributed by atoms with Gasteiger partial charge < -0.3 is 20.3 Å². The fourth-order valence-electron chi connectivity index (χ4n) is 1.96. The van der Waals surface area contributed by atoms with Crippen LogP contribution in [0.25, 0.3) is 0 Å². The van der Waals surface area contributed by atoms with E-state index in [9.17, 15) is 14.4 Å². The highest BCUT2D eigenvalue weighted by atomic mass is 16.5. The number of rotatable bonds is 8. The maximum Gasteiger partial charge on any atom is 0.326 e. The number of hydrogen-bond acceptors (Lipinski definition) is 4. The zero-order chi connectivity index (χ0) is 14.3. The summed E-state index contributed by atoms with van der Waals surface area (Å²) in [5, 5.41) is 19.7. The van der Waals surface area contributed by atoms with Gasteiger partial charge in [0, 0.05) is 19.4 Å². The number of aliphatic carboxylic acids is 2. The van der Waals surface area contributed by atoms with Gasteiger partial charge in [-0.25, -0.2) is 4.79 Å². The Balaban J connectivity index is 2.29. The summed E-state index contributed by atoms with van der Waals surface area (Å²) in [7, 11) is 0. The van der Waals surface area contributed by atoms with Gasteiger partial charge in [0.15, 0.2) is 0 Å². The average molecular weight is 273 g/mol. The molecule has 1 aliphatic heterocycles. The van der Waals surface area contributed by atoms with E-state index in [1.165, 1.54) is 0 Å². The van der Waals surface area contributed by atoms with Crippen LogP contribution in [-0.4, -0.2) is 46.8 Å². The van der Waals surface area contributed by atoms with Crippen molar-refractivity contribution in [3.05, 3.63) is 0 Å². The lowest BCUT2D eigenvalue weighted by atomic mass is 10.1. The topological polar surface area (TPSA) is 113 Å². The van der Waals surface area contributed by atoms with Crippen LogP contribution in [0.4, 0.5) is 0 Å². The number of nitrogens with one attached hydrogen (secondary N) is 1. The van der Waals surface area contributed by atoms with Gasteiger partial charge >= 0.3 is 11.9 Å². The Bertz CT molecular complexity index is 337. The van der Waals surface area contributed by atoms with Gasteiger partial charge in [-0.3, -0.25) is 9.59 Å². The van der Waals surface area contributed by atoms with Crippen molar-refractivity contribution >= 4 is 17.8 Å². The molecule has 0 aromatic rings. The third-order valence-corrected chi connectivity index (χ3v) is 3.00. The Morgan fingerprint density at radius 3 is 2.53 bits per heavy atom. The summed E-state index contributed by atoms with van der Waals surface area (Å²) < 4.78 is 5.36. The van der Waals surface area contributed by atoms with Crippen molar-refractivity contribution in [2.45, 2.75) is 50.7 Å². The van der Waals surface area contributed by atoms with E-state index in [0.717, 1.165) is 12.8 Å². The van der Waals surface area contributed by atoms with Crippen molar-refractivity contribution in [2.75, 3.05) is 6.61 Å². The molecule has 108 valence electrons. The van der Waals surface area contributed by atoms with Gasteiger partial charge in [-0.15, -0.1) is 0 Å². The van der Waals surface area contributed by atoms with E-state index < -0.39 is 18.0 Å². The second-order valence-electron chi connectivity index (χ2n) is 4.56. The van der Waals surface area contributed by atoms with Crippen molar-refractivity contribution in [1.82, 2.24) is 5.32 Å². The Kier molecular flexibility index (Phi) is 6.27. The van der Waals surface area contributed by atoms with Crippen molar-refractivity contribution in [3.63, 3.8) is 0 Å². The first kappa shape index (κ1) is 15.4. The Hall–Kier alpha value is -1.63. The van der Waals surface area contributed by atoms with E-state index in [4.69, 9.17) is 14.9 Å². The second kappa shape index (κ2) is 7.73. The third kappa shape index (κ3) is 6.19. The van der Waals surface area contributed by atoms with Gasteiger partial charge in [-0.2, -0.15) is 0 Å². The van der Waals surface area contributed by atoms with Gasteiger partial charge in [0.2, 0.25) is 5.91 Å². The summed E-state index contributed by atoms with van der Waals surface area (Å²) in [5.74, 6) is -2.68. The normalized spacial score (nSPS) is 19.9. The number of ether oxygens (including phenoxy) is 1. The van der Waals surface area contributed by atoms with Gasteiger partial charge in [-0.05, 0) is 25.7 Å². The lowest BCUT2D eigenvalue weighted by Crippen LogP contribution is -2.41. The SMILES string of the molecule is O=C(O)CCC(NC(=O)CCC1CCCO1)C(=O)O. The van der Waals surface area contributed by atoms with Crippen LogP contribution in [0.3, 0.4) is 0 Å². The molecule has 0 aromatic heterocycles. The van der Waals surface area contributed by atoms with Crippen molar-refractivity contribution in [2.24, 2.45) is 0 Å². The minimum Gasteiger partial charge on any atom is -0.481 e. The number of carbonyl (C=O) groups excluding carboxylic acids is 1. The zero-order valence-electron chi connectivity index (χ0n) is 10.6. The molecule has 0 radical (unpaired) electrons. The number of hydrogen-bond donors (Lipinski definition) is 3. The largest absolute Gasteiger partial charge is 0.481 e. The molecule has 0 spiro atoms. The molecule has 1 rings (SSSR count). The molecule has 0 bridgehead atoms. The van der Waals surface area contributed by atoms with Crippen LogP contribution >= 0.6 is 0 Å². The summed E-state index contributed by atoms with van der Waals surface area (Å²) in [6.07, 6.45) is 2.35. The summed E-state index contributed by atoms with van der Waals surface area (Å²) in [5.41, 5.74) is 0. The smallest absolute Gasteiger partial charge is 0.326 e. The first-order chi connectivity index (χ1) is 8.99. The van der Waals surface area contributed by atoms with Gasteiger partial charge in [0.1, 0.15) is 6.04 Å². The van der Waals surface area contributed by atoms with Crippen LogP contribution in [0.15, 0.2) is 0 Å². The van der Waals surface area contributed by atoms with Crippen molar-refractivity contribution < 1.29 is 29.3 Å². The number of carbonyl (C=O) groups is 3. The molecule has 2 unspecified atom stereocenters. The lowest BCUT2D eigenvalue weighted by Gasteiger charge is -2.14. The van der Waals surface area contributed by atoms with Crippen LogP contribution in [0.2, 0.25) is 0 Å². The van der Waals surface area contributed by atoms with E-state index in [1.54, 1.807) is 0 Å². The first-order valence-corrected chi connectivity index (χ1v) is 6.34. The van der Waals surface area contributed by atoms with Crippen LogP contribution in [-0.2, 0) is 19.1 Å². The monoisotopic (exact) mass is 273 g/mol. The molecule has 2 atom stereocenters. The molecule has 1 amide bonds. The minimum atomic E-state index is -1.22. The van der Waals surface area contributed by atoms with Crippen molar-refractivity contribution in [3.8, 4) is 0 Å². The molecular weight excluding hydrogens is 254 g/mol. The Morgan fingerprint density at radius 1 is 1.26 bits per heavy atom. The highest BCUT2D eigenvalue weighted by Crippen LogP contribution is 2.16. The number of carboxylic acid groups (broad SMARTS) is 2. The quantitative estimate of drug-likeness (QED) is 0.589. The molecule has 19 heavy (non-hydrogen) atoms. The average Bonchev–Trinajstić information content (AvgIpc) is 2.84. The molecular formula is C12H19NO6. The van der Waals surface area contributed by atoms with Crippen LogP contribution in [0.1, 0.15) is 38.5 Å². The molecule has 0 aromatic carbocycles.